The molecule has 0 saturated carbocycles. The molecule has 1 amide bonds. The number of carbonyl (C=O) groups excluding carboxylic acids is 1. The summed E-state index contributed by atoms with van der Waals surface area (Å²) in [6.45, 7) is 1.42. The zero-order valence-corrected chi connectivity index (χ0v) is 14.7. The fourth-order valence-corrected chi connectivity index (χ4v) is 3.58. The molecule has 2 heterocycles. The number of rotatable bonds is 3. The lowest BCUT2D eigenvalue weighted by Crippen LogP contribution is -2.38. The second-order valence-corrected chi connectivity index (χ2v) is 7.19. The molecule has 0 spiro atoms. The maximum atomic E-state index is 12.4. The highest BCUT2D eigenvalue weighted by Gasteiger charge is 2.14. The Bertz CT molecular complexity index is 1070. The molecule has 3 rings (SSSR count). The zero-order chi connectivity index (χ0) is 17.4. The summed E-state index contributed by atoms with van der Waals surface area (Å²) in [7, 11) is 0. The van der Waals surface area contributed by atoms with E-state index in [1.807, 2.05) is 6.92 Å². The van der Waals surface area contributed by atoms with Crippen LogP contribution >= 0.6 is 34.5 Å². The molecule has 0 bridgehead atoms. The van der Waals surface area contributed by atoms with Gasteiger partial charge in [-0.05, 0) is 31.2 Å². The van der Waals surface area contributed by atoms with Crippen LogP contribution in [0.2, 0.25) is 10.0 Å². The number of amides is 1. The highest BCUT2D eigenvalue weighted by atomic mass is 35.5. The summed E-state index contributed by atoms with van der Waals surface area (Å²) in [5.74, 6) is -0.543. The first-order chi connectivity index (χ1) is 11.3. The molecule has 0 atom stereocenters. The van der Waals surface area contributed by atoms with Gasteiger partial charge in [0.05, 0.1) is 16.1 Å². The fourth-order valence-electron chi connectivity index (χ4n) is 2.24. The Hall–Kier alpha value is -2.09. The predicted octanol–water partition coefficient (Wildman–Crippen LogP) is 3.01. The van der Waals surface area contributed by atoms with Crippen molar-refractivity contribution in [3.05, 3.63) is 60.0 Å². The molecule has 3 aromatic rings. The Kier molecular flexibility index (Phi) is 4.49. The summed E-state index contributed by atoms with van der Waals surface area (Å²) in [4.78, 5) is 40.6. The molecule has 1 aromatic carbocycles. The number of aryl methyl sites for hydroxylation is 1. The number of aromatic nitrogens is 2. The fraction of sp³-hybridized carbons (Fsp3) is 0.133. The maximum absolute atomic E-state index is 12.4. The normalized spacial score (nSPS) is 11.0. The lowest BCUT2D eigenvalue weighted by Gasteiger charge is -2.08. The largest absolute Gasteiger partial charge is 0.329 e. The Balaban J connectivity index is 1.90. The molecule has 0 aliphatic carbocycles. The van der Waals surface area contributed by atoms with E-state index in [-0.39, 0.29) is 5.02 Å². The second-order valence-electron chi connectivity index (χ2n) is 5.09. The van der Waals surface area contributed by atoms with Crippen molar-refractivity contribution >= 4 is 56.3 Å². The van der Waals surface area contributed by atoms with E-state index in [0.717, 1.165) is 9.44 Å². The molecule has 2 aromatic heterocycles. The van der Waals surface area contributed by atoms with E-state index in [4.69, 9.17) is 23.2 Å². The van der Waals surface area contributed by atoms with Crippen LogP contribution in [0.3, 0.4) is 0 Å². The standard InChI is InChI=1S/C15H11Cl2N3O3S/c1-7-4-9-13(24-7)19-15(23)20(14(9)22)6-12(21)18-11-3-2-8(16)5-10(11)17/h2-5H,6H2,1H3,(H,18,21)(H,19,23). The first-order valence-corrected chi connectivity index (χ1v) is 8.40. The topological polar surface area (TPSA) is 84.0 Å². The first kappa shape index (κ1) is 16.8. The highest BCUT2D eigenvalue weighted by molar-refractivity contribution is 7.18. The summed E-state index contributed by atoms with van der Waals surface area (Å²) in [6.07, 6.45) is 0. The van der Waals surface area contributed by atoms with E-state index in [9.17, 15) is 14.4 Å². The Labute approximate surface area is 149 Å². The third-order valence-electron chi connectivity index (χ3n) is 3.30. The third kappa shape index (κ3) is 3.24. The minimum Gasteiger partial charge on any atom is -0.323 e. The van der Waals surface area contributed by atoms with Crippen LogP contribution in [0, 0.1) is 6.92 Å². The molecule has 0 aliphatic heterocycles. The average molecular weight is 384 g/mol. The van der Waals surface area contributed by atoms with Gasteiger partial charge in [-0.15, -0.1) is 11.3 Å². The predicted molar refractivity (Wildman–Crippen MR) is 96.5 cm³/mol. The number of fused-ring (bicyclic) bond motifs is 1. The molecular weight excluding hydrogens is 373 g/mol. The Morgan fingerprint density at radius 1 is 1.29 bits per heavy atom. The van der Waals surface area contributed by atoms with E-state index < -0.39 is 23.7 Å². The minimum absolute atomic E-state index is 0.265. The Morgan fingerprint density at radius 2 is 2.04 bits per heavy atom. The van der Waals surface area contributed by atoms with Gasteiger partial charge in [0.25, 0.3) is 5.56 Å². The molecule has 0 unspecified atom stereocenters. The van der Waals surface area contributed by atoms with Crippen molar-refractivity contribution in [2.24, 2.45) is 0 Å². The SMILES string of the molecule is Cc1cc2c(=O)n(CC(=O)Nc3ccc(Cl)cc3Cl)c(=O)[nH]c2s1. The molecule has 0 saturated heterocycles. The number of nitrogens with one attached hydrogen (secondary N) is 2. The van der Waals surface area contributed by atoms with Crippen LogP contribution in [0.15, 0.2) is 33.9 Å². The van der Waals surface area contributed by atoms with E-state index in [0.29, 0.717) is 20.9 Å². The number of carbonyl (C=O) groups is 1. The number of H-pyrrole nitrogens is 1. The first-order valence-electron chi connectivity index (χ1n) is 6.83. The maximum Gasteiger partial charge on any atom is 0.329 e. The summed E-state index contributed by atoms with van der Waals surface area (Å²) in [5, 5.41) is 3.64. The highest BCUT2D eigenvalue weighted by Crippen LogP contribution is 2.25. The minimum atomic E-state index is -0.633. The van der Waals surface area contributed by atoms with Crippen molar-refractivity contribution in [1.29, 1.82) is 0 Å². The van der Waals surface area contributed by atoms with E-state index >= 15 is 0 Å². The van der Waals surface area contributed by atoms with Crippen LogP contribution in [-0.4, -0.2) is 15.5 Å². The zero-order valence-electron chi connectivity index (χ0n) is 12.4. The number of benzene rings is 1. The molecule has 9 heteroatoms. The van der Waals surface area contributed by atoms with Gasteiger partial charge in [-0.1, -0.05) is 23.2 Å². The molecule has 0 aliphatic rings. The van der Waals surface area contributed by atoms with Gasteiger partial charge in [-0.25, -0.2) is 4.79 Å². The average Bonchev–Trinajstić information content (AvgIpc) is 2.87. The third-order valence-corrected chi connectivity index (χ3v) is 4.82. The number of halogens is 2. The smallest absolute Gasteiger partial charge is 0.323 e. The van der Waals surface area contributed by atoms with Crippen molar-refractivity contribution in [2.75, 3.05) is 5.32 Å². The van der Waals surface area contributed by atoms with Crippen molar-refractivity contribution in [1.82, 2.24) is 9.55 Å². The Morgan fingerprint density at radius 3 is 2.75 bits per heavy atom. The van der Waals surface area contributed by atoms with Crippen molar-refractivity contribution in [2.45, 2.75) is 13.5 Å². The van der Waals surface area contributed by atoms with E-state index in [2.05, 4.69) is 10.3 Å². The van der Waals surface area contributed by atoms with Gasteiger partial charge >= 0.3 is 5.69 Å². The van der Waals surface area contributed by atoms with Crippen LogP contribution in [0.5, 0.6) is 0 Å². The number of anilines is 1. The quantitative estimate of drug-likeness (QED) is 0.728. The van der Waals surface area contributed by atoms with Gasteiger partial charge in [-0.2, -0.15) is 0 Å². The van der Waals surface area contributed by atoms with Crippen LogP contribution in [0.25, 0.3) is 10.2 Å². The van der Waals surface area contributed by atoms with Crippen LogP contribution in [-0.2, 0) is 11.3 Å². The number of aromatic amines is 1. The van der Waals surface area contributed by atoms with Gasteiger partial charge in [-0.3, -0.25) is 19.1 Å². The van der Waals surface area contributed by atoms with Gasteiger partial charge in [0.2, 0.25) is 5.91 Å². The molecule has 0 radical (unpaired) electrons. The second kappa shape index (κ2) is 6.43. The summed E-state index contributed by atoms with van der Waals surface area (Å²) < 4.78 is 0.855. The number of hydrogen-bond acceptors (Lipinski definition) is 4. The molecule has 124 valence electrons. The summed E-state index contributed by atoms with van der Waals surface area (Å²) in [6, 6.07) is 6.28. The van der Waals surface area contributed by atoms with Crippen LogP contribution in [0.1, 0.15) is 4.88 Å². The lowest BCUT2D eigenvalue weighted by atomic mass is 10.3. The van der Waals surface area contributed by atoms with Crippen molar-refractivity contribution in [3.63, 3.8) is 0 Å². The monoisotopic (exact) mass is 383 g/mol. The van der Waals surface area contributed by atoms with Crippen molar-refractivity contribution < 1.29 is 4.79 Å². The summed E-state index contributed by atoms with van der Waals surface area (Å²) >= 11 is 13.1. The number of thiophene rings is 1. The molecule has 6 nitrogen and oxygen atoms in total. The molecule has 0 fully saturated rings. The molecule has 2 N–H and O–H groups in total. The van der Waals surface area contributed by atoms with Gasteiger partial charge in [0.15, 0.2) is 0 Å². The number of hydrogen-bond donors (Lipinski definition) is 2. The summed E-state index contributed by atoms with van der Waals surface area (Å²) in [5.41, 5.74) is -0.787. The van der Waals surface area contributed by atoms with Gasteiger partial charge < -0.3 is 5.32 Å². The van der Waals surface area contributed by atoms with Crippen LogP contribution < -0.4 is 16.6 Å². The van der Waals surface area contributed by atoms with Crippen molar-refractivity contribution in [3.8, 4) is 0 Å². The molecule has 24 heavy (non-hydrogen) atoms. The van der Waals surface area contributed by atoms with Gasteiger partial charge in [0.1, 0.15) is 11.4 Å². The van der Waals surface area contributed by atoms with E-state index in [1.165, 1.54) is 17.4 Å². The molecular formula is C15H11Cl2N3O3S. The van der Waals surface area contributed by atoms with Gasteiger partial charge in [0, 0.05) is 9.90 Å². The number of nitrogens with zero attached hydrogens (tertiary/aromatic N) is 1. The van der Waals surface area contributed by atoms with E-state index in [1.54, 1.807) is 18.2 Å². The lowest BCUT2D eigenvalue weighted by molar-refractivity contribution is -0.116. The van der Waals surface area contributed by atoms with Crippen LogP contribution in [0.4, 0.5) is 5.69 Å².